The van der Waals surface area contributed by atoms with Crippen LogP contribution in [0.5, 0.6) is 0 Å². The largest absolute Gasteiger partial charge is 0.464 e. The van der Waals surface area contributed by atoms with E-state index in [2.05, 4.69) is 4.72 Å². The third kappa shape index (κ3) is 3.14. The van der Waals surface area contributed by atoms with Gasteiger partial charge in [0.05, 0.1) is 6.61 Å². The van der Waals surface area contributed by atoms with E-state index in [-0.39, 0.29) is 28.6 Å². The van der Waals surface area contributed by atoms with Crippen LogP contribution >= 0.6 is 0 Å². The Balaban J connectivity index is 2.49. The molecule has 118 valence electrons. The maximum atomic E-state index is 12.6. The third-order valence-corrected chi connectivity index (χ3v) is 4.51. The molecule has 0 saturated carbocycles. The lowest BCUT2D eigenvalue weighted by Crippen LogP contribution is -2.18. The van der Waals surface area contributed by atoms with Gasteiger partial charge in [0.1, 0.15) is 22.0 Å². The third-order valence-electron chi connectivity index (χ3n) is 2.98. The molecule has 0 radical (unpaired) electrons. The first-order valence-electron chi connectivity index (χ1n) is 6.71. The zero-order valence-corrected chi connectivity index (χ0v) is 13.4. The molecule has 1 aromatic carbocycles. The topological polar surface area (TPSA) is 85.6 Å². The van der Waals surface area contributed by atoms with Gasteiger partial charge in [-0.05, 0) is 32.9 Å². The summed E-state index contributed by atoms with van der Waals surface area (Å²) in [6.07, 6.45) is 0. The van der Waals surface area contributed by atoms with Gasteiger partial charge in [-0.3, -0.25) is 4.72 Å². The standard InChI is InChI=1S/C15H17NO5S/c1-4-20-15(17)13-10(2)21-11(3)14(13)22(18,19)16-12-8-6-5-7-9-12/h5-9,16H,4H2,1-3H3. The van der Waals surface area contributed by atoms with Gasteiger partial charge in [0.15, 0.2) is 0 Å². The summed E-state index contributed by atoms with van der Waals surface area (Å²) in [4.78, 5) is 11.8. The molecule has 0 aliphatic rings. The molecule has 22 heavy (non-hydrogen) atoms. The van der Waals surface area contributed by atoms with Gasteiger partial charge in [0.2, 0.25) is 0 Å². The molecule has 1 N–H and O–H groups in total. The fourth-order valence-corrected chi connectivity index (χ4v) is 3.60. The predicted octanol–water partition coefficient (Wildman–Crippen LogP) is 2.87. The summed E-state index contributed by atoms with van der Waals surface area (Å²) < 4.78 is 37.8. The van der Waals surface area contributed by atoms with Gasteiger partial charge in [-0.25, -0.2) is 13.2 Å². The molecule has 0 unspecified atom stereocenters. The Morgan fingerprint density at radius 2 is 1.82 bits per heavy atom. The van der Waals surface area contributed by atoms with Crippen LogP contribution in [0.1, 0.15) is 28.8 Å². The highest BCUT2D eigenvalue weighted by atomic mass is 32.2. The van der Waals surface area contributed by atoms with Crippen LogP contribution in [0, 0.1) is 13.8 Å². The van der Waals surface area contributed by atoms with Crippen molar-refractivity contribution in [1.82, 2.24) is 0 Å². The van der Waals surface area contributed by atoms with Crippen molar-refractivity contribution < 1.29 is 22.4 Å². The van der Waals surface area contributed by atoms with Crippen molar-refractivity contribution in [2.24, 2.45) is 0 Å². The van der Waals surface area contributed by atoms with E-state index < -0.39 is 16.0 Å². The number of nitrogens with one attached hydrogen (secondary N) is 1. The molecule has 1 heterocycles. The van der Waals surface area contributed by atoms with Crippen molar-refractivity contribution in [3.8, 4) is 0 Å². The van der Waals surface area contributed by atoms with Crippen molar-refractivity contribution in [1.29, 1.82) is 0 Å². The second-order valence-electron chi connectivity index (χ2n) is 4.61. The van der Waals surface area contributed by atoms with Gasteiger partial charge in [0, 0.05) is 5.69 Å². The van der Waals surface area contributed by atoms with E-state index in [0.29, 0.717) is 5.69 Å². The summed E-state index contributed by atoms with van der Waals surface area (Å²) in [5.74, 6) is -0.362. The number of hydrogen-bond donors (Lipinski definition) is 1. The molecule has 0 aliphatic heterocycles. The minimum Gasteiger partial charge on any atom is -0.464 e. The lowest BCUT2D eigenvalue weighted by atomic mass is 10.2. The number of rotatable bonds is 5. The quantitative estimate of drug-likeness (QED) is 0.855. The van der Waals surface area contributed by atoms with E-state index in [1.807, 2.05) is 0 Å². The number of hydrogen-bond acceptors (Lipinski definition) is 5. The zero-order valence-electron chi connectivity index (χ0n) is 12.5. The molecule has 7 heteroatoms. The second kappa shape index (κ2) is 6.23. The van der Waals surface area contributed by atoms with Crippen molar-refractivity contribution in [3.63, 3.8) is 0 Å². The molecule has 0 bridgehead atoms. The molecule has 2 rings (SSSR count). The van der Waals surface area contributed by atoms with Gasteiger partial charge >= 0.3 is 5.97 Å². The predicted molar refractivity (Wildman–Crippen MR) is 81.4 cm³/mol. The minimum atomic E-state index is -3.96. The lowest BCUT2D eigenvalue weighted by Gasteiger charge is -2.09. The number of carbonyl (C=O) groups excluding carboxylic acids is 1. The monoisotopic (exact) mass is 323 g/mol. The van der Waals surface area contributed by atoms with Crippen molar-refractivity contribution in [2.75, 3.05) is 11.3 Å². The number of para-hydroxylation sites is 1. The van der Waals surface area contributed by atoms with Crippen LogP contribution < -0.4 is 4.72 Å². The second-order valence-corrected chi connectivity index (χ2v) is 6.23. The maximum absolute atomic E-state index is 12.6. The SMILES string of the molecule is CCOC(=O)c1c(C)oc(C)c1S(=O)(=O)Nc1ccccc1. The average molecular weight is 323 g/mol. The summed E-state index contributed by atoms with van der Waals surface area (Å²) in [6.45, 7) is 4.82. The smallest absolute Gasteiger partial charge is 0.343 e. The van der Waals surface area contributed by atoms with E-state index in [1.165, 1.54) is 13.8 Å². The summed E-state index contributed by atoms with van der Waals surface area (Å²) >= 11 is 0. The lowest BCUT2D eigenvalue weighted by molar-refractivity contribution is 0.0520. The van der Waals surface area contributed by atoms with Crippen LogP contribution in [0.4, 0.5) is 5.69 Å². The van der Waals surface area contributed by atoms with Crippen LogP contribution in [0.15, 0.2) is 39.6 Å². The van der Waals surface area contributed by atoms with Crippen LogP contribution in [-0.4, -0.2) is 21.0 Å². The molecule has 0 amide bonds. The molecule has 0 saturated heterocycles. The Bertz CT molecular complexity index is 778. The Morgan fingerprint density at radius 1 is 1.18 bits per heavy atom. The van der Waals surface area contributed by atoms with E-state index >= 15 is 0 Å². The van der Waals surface area contributed by atoms with E-state index in [0.717, 1.165) is 0 Å². The molecule has 2 aromatic rings. The molecule has 0 aliphatic carbocycles. The first-order chi connectivity index (χ1) is 10.4. The number of furan rings is 1. The highest BCUT2D eigenvalue weighted by molar-refractivity contribution is 7.92. The number of carbonyl (C=O) groups is 1. The summed E-state index contributed by atoms with van der Waals surface area (Å²) in [7, 11) is -3.96. The summed E-state index contributed by atoms with van der Waals surface area (Å²) in [5, 5.41) is 0. The molecular formula is C15H17NO5S. The average Bonchev–Trinajstić information content (AvgIpc) is 2.75. The number of benzene rings is 1. The molecule has 0 spiro atoms. The van der Waals surface area contributed by atoms with Crippen LogP contribution in [0.25, 0.3) is 0 Å². The molecule has 6 nitrogen and oxygen atoms in total. The van der Waals surface area contributed by atoms with Crippen molar-refractivity contribution in [2.45, 2.75) is 25.7 Å². The first-order valence-corrected chi connectivity index (χ1v) is 8.20. The Morgan fingerprint density at radius 3 is 2.41 bits per heavy atom. The van der Waals surface area contributed by atoms with Crippen molar-refractivity contribution >= 4 is 21.7 Å². The molecule has 0 fully saturated rings. The van der Waals surface area contributed by atoms with Crippen LogP contribution in [0.2, 0.25) is 0 Å². The van der Waals surface area contributed by atoms with Gasteiger partial charge in [0.25, 0.3) is 10.0 Å². The number of anilines is 1. The molecule has 0 atom stereocenters. The summed E-state index contributed by atoms with van der Waals surface area (Å²) in [5.41, 5.74) is 0.332. The fraction of sp³-hybridized carbons (Fsp3) is 0.267. The minimum absolute atomic E-state index is 0.0669. The highest BCUT2D eigenvalue weighted by Crippen LogP contribution is 2.29. The number of esters is 1. The van der Waals surface area contributed by atoms with Gasteiger partial charge < -0.3 is 9.15 Å². The Hall–Kier alpha value is -2.28. The van der Waals surface area contributed by atoms with E-state index in [4.69, 9.17) is 9.15 Å². The van der Waals surface area contributed by atoms with Gasteiger partial charge in [-0.15, -0.1) is 0 Å². The van der Waals surface area contributed by atoms with Crippen molar-refractivity contribution in [3.05, 3.63) is 47.4 Å². The van der Waals surface area contributed by atoms with Crippen LogP contribution in [0.3, 0.4) is 0 Å². The highest BCUT2D eigenvalue weighted by Gasteiger charge is 2.31. The maximum Gasteiger partial charge on any atom is 0.343 e. The van der Waals surface area contributed by atoms with E-state index in [9.17, 15) is 13.2 Å². The van der Waals surface area contributed by atoms with Crippen LogP contribution in [-0.2, 0) is 14.8 Å². The Labute approximate surface area is 129 Å². The number of ether oxygens (including phenoxy) is 1. The fourth-order valence-electron chi connectivity index (χ4n) is 2.14. The van der Waals surface area contributed by atoms with E-state index in [1.54, 1.807) is 37.3 Å². The van der Waals surface area contributed by atoms with Gasteiger partial charge in [-0.1, -0.05) is 18.2 Å². The molecule has 1 aromatic heterocycles. The molecular weight excluding hydrogens is 306 g/mol. The first kappa shape index (κ1) is 16.1. The zero-order chi connectivity index (χ0) is 16.3. The number of sulfonamides is 1. The number of aryl methyl sites for hydroxylation is 2. The summed E-state index contributed by atoms with van der Waals surface area (Å²) in [6, 6.07) is 8.41. The normalized spacial score (nSPS) is 11.2. The Kier molecular flexibility index (Phi) is 4.56. The van der Waals surface area contributed by atoms with Gasteiger partial charge in [-0.2, -0.15) is 0 Å².